The summed E-state index contributed by atoms with van der Waals surface area (Å²) in [6, 6.07) is 14.9. The standard InChI is InChI=1S/C21H26N2O/c1-16-13-19(24-2)14-20-18(15-23-21(16)20)10-12-22-11-6-9-17-7-4-3-5-8-17/h3-5,7-8,13-15,22-23H,6,9-12H2,1-2H3. The lowest BCUT2D eigenvalue weighted by atomic mass is 10.1. The number of nitrogens with one attached hydrogen (secondary N) is 2. The molecule has 0 fully saturated rings. The van der Waals surface area contributed by atoms with Gasteiger partial charge in [-0.15, -0.1) is 0 Å². The van der Waals surface area contributed by atoms with Crippen LogP contribution < -0.4 is 10.1 Å². The molecule has 126 valence electrons. The van der Waals surface area contributed by atoms with E-state index in [0.717, 1.165) is 31.7 Å². The monoisotopic (exact) mass is 322 g/mol. The second-order valence-corrected chi connectivity index (χ2v) is 6.27. The van der Waals surface area contributed by atoms with E-state index in [1.165, 1.54) is 34.0 Å². The molecule has 0 aliphatic carbocycles. The molecule has 0 atom stereocenters. The Bertz CT molecular complexity index is 777. The molecule has 3 rings (SSSR count). The molecule has 0 bridgehead atoms. The molecule has 0 aliphatic rings. The number of aromatic nitrogens is 1. The Labute approximate surface area is 144 Å². The largest absolute Gasteiger partial charge is 0.497 e. The van der Waals surface area contributed by atoms with Gasteiger partial charge in [-0.05, 0) is 68.1 Å². The van der Waals surface area contributed by atoms with E-state index < -0.39 is 0 Å². The predicted octanol–water partition coefficient (Wildman–Crippen LogP) is 4.25. The second-order valence-electron chi connectivity index (χ2n) is 6.27. The van der Waals surface area contributed by atoms with E-state index in [0.29, 0.717) is 0 Å². The zero-order valence-electron chi connectivity index (χ0n) is 14.6. The maximum atomic E-state index is 5.40. The fourth-order valence-corrected chi connectivity index (χ4v) is 3.17. The van der Waals surface area contributed by atoms with Crippen molar-refractivity contribution in [1.82, 2.24) is 10.3 Å². The smallest absolute Gasteiger partial charge is 0.119 e. The van der Waals surface area contributed by atoms with E-state index in [4.69, 9.17) is 4.74 Å². The highest BCUT2D eigenvalue weighted by Gasteiger charge is 2.08. The molecule has 24 heavy (non-hydrogen) atoms. The Morgan fingerprint density at radius 2 is 1.88 bits per heavy atom. The van der Waals surface area contributed by atoms with Crippen molar-refractivity contribution in [1.29, 1.82) is 0 Å². The summed E-state index contributed by atoms with van der Waals surface area (Å²) in [5.74, 6) is 0.927. The molecule has 0 saturated heterocycles. The van der Waals surface area contributed by atoms with Gasteiger partial charge in [0.25, 0.3) is 0 Å². The summed E-state index contributed by atoms with van der Waals surface area (Å²) in [5, 5.41) is 4.83. The van der Waals surface area contributed by atoms with Crippen LogP contribution in [0.25, 0.3) is 10.9 Å². The summed E-state index contributed by atoms with van der Waals surface area (Å²) in [6.07, 6.45) is 5.46. The Balaban J connectivity index is 1.48. The zero-order chi connectivity index (χ0) is 16.8. The number of methoxy groups -OCH3 is 1. The molecule has 3 aromatic rings. The summed E-state index contributed by atoms with van der Waals surface area (Å²) >= 11 is 0. The number of benzene rings is 2. The molecule has 0 unspecified atom stereocenters. The minimum atomic E-state index is 0.927. The third-order valence-electron chi connectivity index (χ3n) is 4.51. The van der Waals surface area contributed by atoms with E-state index in [1.54, 1.807) is 7.11 Å². The maximum Gasteiger partial charge on any atom is 0.119 e. The van der Waals surface area contributed by atoms with Crippen LogP contribution in [0.3, 0.4) is 0 Å². The number of hydrogen-bond donors (Lipinski definition) is 2. The van der Waals surface area contributed by atoms with Gasteiger partial charge in [0.1, 0.15) is 5.75 Å². The summed E-state index contributed by atoms with van der Waals surface area (Å²) in [7, 11) is 1.72. The van der Waals surface area contributed by atoms with Crippen molar-refractivity contribution in [2.75, 3.05) is 20.2 Å². The second kappa shape index (κ2) is 8.02. The Hall–Kier alpha value is -2.26. The normalized spacial score (nSPS) is 11.1. The first-order valence-electron chi connectivity index (χ1n) is 8.67. The SMILES string of the molecule is COc1cc(C)c2[nH]cc(CCNCCCc3ccccc3)c2c1. The summed E-state index contributed by atoms with van der Waals surface area (Å²) in [6.45, 7) is 4.17. The molecule has 0 amide bonds. The Morgan fingerprint density at radius 1 is 1.04 bits per heavy atom. The van der Waals surface area contributed by atoms with Crippen molar-refractivity contribution < 1.29 is 4.74 Å². The molecule has 0 saturated carbocycles. The lowest BCUT2D eigenvalue weighted by molar-refractivity contribution is 0.415. The molecular formula is C21H26N2O. The highest BCUT2D eigenvalue weighted by atomic mass is 16.5. The lowest BCUT2D eigenvalue weighted by Gasteiger charge is -2.06. The maximum absolute atomic E-state index is 5.40. The average molecular weight is 322 g/mol. The fraction of sp³-hybridized carbons (Fsp3) is 0.333. The molecule has 3 nitrogen and oxygen atoms in total. The van der Waals surface area contributed by atoms with Crippen molar-refractivity contribution in [2.45, 2.75) is 26.2 Å². The molecular weight excluding hydrogens is 296 g/mol. The van der Waals surface area contributed by atoms with Gasteiger partial charge in [-0.1, -0.05) is 30.3 Å². The third kappa shape index (κ3) is 3.98. The number of ether oxygens (including phenoxy) is 1. The van der Waals surface area contributed by atoms with Crippen LogP contribution in [0.5, 0.6) is 5.75 Å². The van der Waals surface area contributed by atoms with Crippen LogP contribution in [0.2, 0.25) is 0 Å². The van der Waals surface area contributed by atoms with Crippen LogP contribution >= 0.6 is 0 Å². The average Bonchev–Trinajstić information content (AvgIpc) is 3.02. The van der Waals surface area contributed by atoms with Crippen molar-refractivity contribution in [2.24, 2.45) is 0 Å². The number of H-pyrrole nitrogens is 1. The Kier molecular flexibility index (Phi) is 5.55. The van der Waals surface area contributed by atoms with Gasteiger partial charge in [0.05, 0.1) is 7.11 Å². The predicted molar refractivity (Wildman–Crippen MR) is 101 cm³/mol. The van der Waals surface area contributed by atoms with Crippen molar-refractivity contribution in [3.05, 3.63) is 65.4 Å². The van der Waals surface area contributed by atoms with E-state index in [-0.39, 0.29) is 0 Å². The number of aryl methyl sites for hydroxylation is 2. The van der Waals surface area contributed by atoms with Gasteiger partial charge in [0.15, 0.2) is 0 Å². The number of hydrogen-bond acceptors (Lipinski definition) is 2. The molecule has 0 aliphatic heterocycles. The van der Waals surface area contributed by atoms with Gasteiger partial charge < -0.3 is 15.0 Å². The molecule has 3 heteroatoms. The van der Waals surface area contributed by atoms with E-state index in [1.807, 2.05) is 0 Å². The van der Waals surface area contributed by atoms with Gasteiger partial charge in [-0.2, -0.15) is 0 Å². The molecule has 1 heterocycles. The van der Waals surface area contributed by atoms with Crippen molar-refractivity contribution in [3.8, 4) is 5.75 Å². The highest BCUT2D eigenvalue weighted by molar-refractivity contribution is 5.87. The van der Waals surface area contributed by atoms with Gasteiger partial charge >= 0.3 is 0 Å². The van der Waals surface area contributed by atoms with Gasteiger partial charge in [0, 0.05) is 17.1 Å². The van der Waals surface area contributed by atoms with Crippen molar-refractivity contribution >= 4 is 10.9 Å². The number of rotatable bonds is 8. The lowest BCUT2D eigenvalue weighted by Crippen LogP contribution is -2.18. The van der Waals surface area contributed by atoms with Gasteiger partial charge in [-0.25, -0.2) is 0 Å². The van der Waals surface area contributed by atoms with Crippen LogP contribution in [0.1, 0.15) is 23.1 Å². The first-order valence-corrected chi connectivity index (χ1v) is 8.67. The topological polar surface area (TPSA) is 37.0 Å². The minimum absolute atomic E-state index is 0.927. The minimum Gasteiger partial charge on any atom is -0.497 e. The number of aromatic amines is 1. The molecule has 2 aromatic carbocycles. The quantitative estimate of drug-likeness (QED) is 0.608. The number of fused-ring (bicyclic) bond motifs is 1. The van der Waals surface area contributed by atoms with Crippen LogP contribution in [0.15, 0.2) is 48.7 Å². The first-order chi connectivity index (χ1) is 11.8. The first kappa shape index (κ1) is 16.6. The summed E-state index contributed by atoms with van der Waals surface area (Å²) in [5.41, 5.74) is 5.21. The van der Waals surface area contributed by atoms with Gasteiger partial charge in [-0.3, -0.25) is 0 Å². The van der Waals surface area contributed by atoms with Crippen LogP contribution in [-0.4, -0.2) is 25.2 Å². The molecule has 1 aromatic heterocycles. The van der Waals surface area contributed by atoms with E-state index >= 15 is 0 Å². The van der Waals surface area contributed by atoms with E-state index in [9.17, 15) is 0 Å². The highest BCUT2D eigenvalue weighted by Crippen LogP contribution is 2.27. The van der Waals surface area contributed by atoms with E-state index in [2.05, 4.69) is 65.9 Å². The Morgan fingerprint density at radius 3 is 2.67 bits per heavy atom. The molecule has 0 spiro atoms. The van der Waals surface area contributed by atoms with Crippen LogP contribution in [0, 0.1) is 6.92 Å². The van der Waals surface area contributed by atoms with Crippen LogP contribution in [0.4, 0.5) is 0 Å². The molecule has 0 radical (unpaired) electrons. The molecule has 2 N–H and O–H groups in total. The summed E-state index contributed by atoms with van der Waals surface area (Å²) < 4.78 is 5.40. The fourth-order valence-electron chi connectivity index (χ4n) is 3.17. The zero-order valence-corrected chi connectivity index (χ0v) is 14.6. The van der Waals surface area contributed by atoms with Crippen molar-refractivity contribution in [3.63, 3.8) is 0 Å². The van der Waals surface area contributed by atoms with Crippen LogP contribution in [-0.2, 0) is 12.8 Å². The van der Waals surface area contributed by atoms with Gasteiger partial charge in [0.2, 0.25) is 0 Å². The summed E-state index contributed by atoms with van der Waals surface area (Å²) in [4.78, 5) is 3.40. The third-order valence-corrected chi connectivity index (χ3v) is 4.51.